The predicted octanol–water partition coefficient (Wildman–Crippen LogP) is 2.00. The highest BCUT2D eigenvalue weighted by atomic mass is 16.5. The maximum absolute atomic E-state index is 10.7. The summed E-state index contributed by atoms with van der Waals surface area (Å²) < 4.78 is 10.8. The molecule has 6 heteroatoms. The molecule has 1 fully saturated rings. The van der Waals surface area contributed by atoms with Crippen molar-refractivity contribution in [2.24, 2.45) is 5.92 Å². The third-order valence-corrected chi connectivity index (χ3v) is 4.71. The Hall–Kier alpha value is -2.60. The van der Waals surface area contributed by atoms with Crippen molar-refractivity contribution in [3.05, 3.63) is 53.7 Å². The minimum absolute atomic E-state index is 0.148. The highest BCUT2D eigenvalue weighted by Gasteiger charge is 2.37. The number of hydrogen-bond acceptors (Lipinski definition) is 6. The third kappa shape index (κ3) is 5.96. The highest BCUT2D eigenvalue weighted by Crippen LogP contribution is 2.49. The van der Waals surface area contributed by atoms with Crippen LogP contribution in [0.4, 0.5) is 5.82 Å². The molecule has 1 aromatic heterocycles. The molecule has 0 radical (unpaired) electrons. The molecule has 2 atom stereocenters. The Morgan fingerprint density at radius 2 is 2.04 bits per heavy atom. The van der Waals surface area contributed by atoms with Gasteiger partial charge in [0.05, 0.1) is 13.2 Å². The van der Waals surface area contributed by atoms with Crippen molar-refractivity contribution >= 4 is 11.8 Å². The average Bonchev–Trinajstić information content (AvgIpc) is 3.41. The van der Waals surface area contributed by atoms with Crippen molar-refractivity contribution in [2.45, 2.75) is 25.2 Å². The first-order valence-electron chi connectivity index (χ1n) is 9.27. The Labute approximate surface area is 159 Å². The van der Waals surface area contributed by atoms with Gasteiger partial charge in [-0.25, -0.2) is 4.98 Å². The number of aliphatic carboxylic acids is 1. The molecule has 1 saturated carbocycles. The molecule has 1 heterocycles. The first-order valence-corrected chi connectivity index (χ1v) is 9.27. The summed E-state index contributed by atoms with van der Waals surface area (Å²) in [7, 11) is 1.67. The van der Waals surface area contributed by atoms with E-state index in [0.717, 1.165) is 36.6 Å². The van der Waals surface area contributed by atoms with Crippen LogP contribution in [0.25, 0.3) is 0 Å². The molecule has 0 bridgehead atoms. The Morgan fingerprint density at radius 3 is 2.78 bits per heavy atom. The van der Waals surface area contributed by atoms with Crippen molar-refractivity contribution in [3.63, 3.8) is 0 Å². The van der Waals surface area contributed by atoms with Gasteiger partial charge < -0.3 is 24.7 Å². The smallest absolute Gasteiger partial charge is 0.126 e. The second-order valence-corrected chi connectivity index (χ2v) is 6.78. The number of aromatic nitrogens is 1. The van der Waals surface area contributed by atoms with Crippen LogP contribution in [0.1, 0.15) is 30.0 Å². The van der Waals surface area contributed by atoms with Gasteiger partial charge in [-0.15, -0.1) is 0 Å². The van der Waals surface area contributed by atoms with Crippen LogP contribution in [-0.2, 0) is 16.0 Å². The van der Waals surface area contributed by atoms with Crippen molar-refractivity contribution in [1.82, 2.24) is 4.98 Å². The minimum atomic E-state index is -0.964. The molecule has 0 amide bonds. The number of pyridine rings is 1. The van der Waals surface area contributed by atoms with E-state index in [2.05, 4.69) is 10.3 Å². The van der Waals surface area contributed by atoms with Crippen LogP contribution >= 0.6 is 0 Å². The standard InChI is InChI=1S/C21H26N2O4/c1-26-12-10-22-20-4-2-3-17(23-20)9-11-27-18-7-5-15(6-8-18)19-13-16(19)14-21(24)25/h2-8,16,19H,9-14H2,1H3,(H,22,23)(H,24,25)/p-1. The van der Waals surface area contributed by atoms with E-state index in [1.54, 1.807) is 7.11 Å². The maximum Gasteiger partial charge on any atom is 0.126 e. The second kappa shape index (κ2) is 9.37. The topological polar surface area (TPSA) is 83.5 Å². The number of benzene rings is 1. The summed E-state index contributed by atoms with van der Waals surface area (Å²) in [6.45, 7) is 1.91. The van der Waals surface area contributed by atoms with E-state index in [4.69, 9.17) is 9.47 Å². The largest absolute Gasteiger partial charge is 0.550 e. The predicted molar refractivity (Wildman–Crippen MR) is 101 cm³/mol. The van der Waals surface area contributed by atoms with Crippen LogP contribution in [0.5, 0.6) is 5.75 Å². The molecule has 6 nitrogen and oxygen atoms in total. The molecule has 1 aliphatic rings. The number of carboxylic acids is 1. The van der Waals surface area contributed by atoms with Crippen molar-refractivity contribution in [1.29, 1.82) is 0 Å². The average molecular weight is 369 g/mol. The number of ether oxygens (including phenoxy) is 2. The number of nitrogens with one attached hydrogen (secondary N) is 1. The van der Waals surface area contributed by atoms with E-state index in [1.807, 2.05) is 42.5 Å². The zero-order valence-electron chi connectivity index (χ0n) is 15.5. The molecular weight excluding hydrogens is 344 g/mol. The van der Waals surface area contributed by atoms with Gasteiger partial charge in [0.1, 0.15) is 11.6 Å². The molecule has 27 heavy (non-hydrogen) atoms. The normalized spacial score (nSPS) is 18.1. The number of anilines is 1. The Bertz CT molecular complexity index is 748. The van der Waals surface area contributed by atoms with Gasteiger partial charge >= 0.3 is 0 Å². The van der Waals surface area contributed by atoms with Crippen LogP contribution < -0.4 is 15.2 Å². The fourth-order valence-electron chi connectivity index (χ4n) is 3.18. The van der Waals surface area contributed by atoms with Gasteiger partial charge in [0, 0.05) is 31.7 Å². The molecule has 3 rings (SSSR count). The molecule has 0 spiro atoms. The monoisotopic (exact) mass is 369 g/mol. The molecule has 1 aromatic carbocycles. The fraction of sp³-hybridized carbons (Fsp3) is 0.429. The van der Waals surface area contributed by atoms with Gasteiger partial charge in [-0.05, 0) is 54.5 Å². The summed E-state index contributed by atoms with van der Waals surface area (Å²) in [6.07, 6.45) is 1.79. The van der Waals surface area contributed by atoms with Gasteiger partial charge in [-0.2, -0.15) is 0 Å². The first-order chi connectivity index (χ1) is 13.2. The third-order valence-electron chi connectivity index (χ3n) is 4.71. The van der Waals surface area contributed by atoms with Gasteiger partial charge in [0.15, 0.2) is 0 Å². The zero-order valence-corrected chi connectivity index (χ0v) is 15.5. The number of hydrogen-bond donors (Lipinski definition) is 1. The summed E-state index contributed by atoms with van der Waals surface area (Å²) in [4.78, 5) is 15.2. The quantitative estimate of drug-likeness (QED) is 0.610. The number of carbonyl (C=O) groups is 1. The summed E-state index contributed by atoms with van der Waals surface area (Å²) in [6, 6.07) is 13.8. The SMILES string of the molecule is COCCNc1cccc(CCOc2ccc(C3CC3CC(=O)[O-])cc2)n1. The second-order valence-electron chi connectivity index (χ2n) is 6.78. The Morgan fingerprint density at radius 1 is 1.22 bits per heavy atom. The van der Waals surface area contributed by atoms with Gasteiger partial charge in [-0.1, -0.05) is 18.2 Å². The molecule has 144 valence electrons. The molecule has 1 N–H and O–H groups in total. The summed E-state index contributed by atoms with van der Waals surface area (Å²) in [5.41, 5.74) is 2.14. The number of methoxy groups -OCH3 is 1. The van der Waals surface area contributed by atoms with Crippen LogP contribution in [0, 0.1) is 5.92 Å². The lowest BCUT2D eigenvalue weighted by molar-refractivity contribution is -0.306. The minimum Gasteiger partial charge on any atom is -0.550 e. The van der Waals surface area contributed by atoms with E-state index in [0.29, 0.717) is 19.1 Å². The van der Waals surface area contributed by atoms with Crippen LogP contribution in [0.3, 0.4) is 0 Å². The van der Waals surface area contributed by atoms with E-state index < -0.39 is 5.97 Å². The molecule has 2 aromatic rings. The van der Waals surface area contributed by atoms with Crippen molar-refractivity contribution in [2.75, 3.05) is 32.2 Å². The van der Waals surface area contributed by atoms with Crippen LogP contribution in [-0.4, -0.2) is 37.8 Å². The van der Waals surface area contributed by atoms with E-state index in [9.17, 15) is 9.90 Å². The van der Waals surface area contributed by atoms with Crippen molar-refractivity contribution in [3.8, 4) is 5.75 Å². The molecule has 0 aliphatic heterocycles. The van der Waals surface area contributed by atoms with Gasteiger partial charge in [-0.3, -0.25) is 0 Å². The van der Waals surface area contributed by atoms with E-state index >= 15 is 0 Å². The Kier molecular flexibility index (Phi) is 6.65. The number of rotatable bonds is 11. The van der Waals surface area contributed by atoms with Crippen LogP contribution in [0.15, 0.2) is 42.5 Å². The maximum atomic E-state index is 10.7. The molecular formula is C21H25N2O4-. The van der Waals surface area contributed by atoms with Crippen LogP contribution in [0.2, 0.25) is 0 Å². The molecule has 0 saturated heterocycles. The summed E-state index contributed by atoms with van der Waals surface area (Å²) in [5.74, 6) is 1.25. The van der Waals surface area contributed by atoms with Gasteiger partial charge in [0.2, 0.25) is 0 Å². The van der Waals surface area contributed by atoms with Gasteiger partial charge in [0.25, 0.3) is 0 Å². The summed E-state index contributed by atoms with van der Waals surface area (Å²) >= 11 is 0. The van der Waals surface area contributed by atoms with Crippen molar-refractivity contribution < 1.29 is 19.4 Å². The van der Waals surface area contributed by atoms with E-state index in [-0.39, 0.29) is 12.3 Å². The number of carboxylic acid groups (broad SMARTS) is 1. The fourth-order valence-corrected chi connectivity index (χ4v) is 3.18. The molecule has 2 unspecified atom stereocenters. The first kappa shape index (κ1) is 19.2. The lowest BCUT2D eigenvalue weighted by Crippen LogP contribution is -2.22. The zero-order chi connectivity index (χ0) is 19.1. The molecule has 1 aliphatic carbocycles. The lowest BCUT2D eigenvalue weighted by Gasteiger charge is -2.09. The lowest BCUT2D eigenvalue weighted by atomic mass is 10.1. The van der Waals surface area contributed by atoms with E-state index in [1.165, 1.54) is 5.56 Å². The summed E-state index contributed by atoms with van der Waals surface area (Å²) in [5, 5.41) is 13.9. The number of carbonyl (C=O) groups excluding carboxylic acids is 1. The number of nitrogens with zero attached hydrogens (tertiary/aromatic N) is 1. The highest BCUT2D eigenvalue weighted by molar-refractivity contribution is 5.65. The Balaban J connectivity index is 1.43.